The quantitative estimate of drug-likeness (QED) is 0.691. The summed E-state index contributed by atoms with van der Waals surface area (Å²) in [6, 6.07) is 14.4. The zero-order valence-corrected chi connectivity index (χ0v) is 16.1. The molecule has 2 aromatic rings. The third kappa shape index (κ3) is 5.67. The number of nitrogens with one attached hydrogen (secondary N) is 3. The van der Waals surface area contributed by atoms with E-state index in [-0.39, 0.29) is 24.1 Å². The Morgan fingerprint density at radius 1 is 1.00 bits per heavy atom. The number of hydrogen-bond donors (Lipinski definition) is 3. The molecule has 1 atom stereocenters. The van der Waals surface area contributed by atoms with Gasteiger partial charge in [0.2, 0.25) is 11.8 Å². The molecule has 3 amide bonds. The van der Waals surface area contributed by atoms with Crippen molar-refractivity contribution in [3.63, 3.8) is 0 Å². The molecule has 0 spiro atoms. The number of benzene rings is 2. The Morgan fingerprint density at radius 3 is 2.21 bits per heavy atom. The fourth-order valence-corrected chi connectivity index (χ4v) is 2.90. The summed E-state index contributed by atoms with van der Waals surface area (Å²) in [7, 11) is 0. The van der Waals surface area contributed by atoms with E-state index in [0.717, 1.165) is 24.0 Å². The molecule has 0 unspecified atom stereocenters. The summed E-state index contributed by atoms with van der Waals surface area (Å²) in [6.45, 7) is 3.42. The van der Waals surface area contributed by atoms with Crippen LogP contribution in [0.1, 0.15) is 53.7 Å². The summed E-state index contributed by atoms with van der Waals surface area (Å²) >= 11 is 0. The molecule has 146 valence electrons. The molecule has 0 aromatic heterocycles. The molecule has 0 heterocycles. The summed E-state index contributed by atoms with van der Waals surface area (Å²) in [5, 5.41) is 8.58. The molecule has 0 bridgehead atoms. The van der Waals surface area contributed by atoms with Crippen molar-refractivity contribution in [2.75, 3.05) is 5.32 Å². The van der Waals surface area contributed by atoms with Crippen LogP contribution in [0.4, 0.5) is 5.69 Å². The van der Waals surface area contributed by atoms with Crippen LogP contribution in [0.5, 0.6) is 0 Å². The van der Waals surface area contributed by atoms with Gasteiger partial charge in [-0.15, -0.1) is 0 Å². The molecular weight excluding hydrogens is 354 g/mol. The van der Waals surface area contributed by atoms with Gasteiger partial charge in [-0.1, -0.05) is 29.8 Å². The van der Waals surface area contributed by atoms with Crippen LogP contribution in [0.3, 0.4) is 0 Å². The standard InChI is InChI=1S/C22H25N3O3/c1-14-3-5-16(6-4-14)20(23-15(2)26)13-21(27)24-18-9-7-17(8-10-18)22(28)25-19-11-12-19/h3-10,19-20H,11-13H2,1-2H3,(H,23,26)(H,24,27)(H,25,28)/t20-/m1/s1. The van der Waals surface area contributed by atoms with E-state index >= 15 is 0 Å². The molecule has 0 saturated heterocycles. The van der Waals surface area contributed by atoms with Gasteiger partial charge in [0.15, 0.2) is 0 Å². The van der Waals surface area contributed by atoms with E-state index in [9.17, 15) is 14.4 Å². The number of hydrogen-bond acceptors (Lipinski definition) is 3. The molecule has 0 aliphatic heterocycles. The first-order valence-electron chi connectivity index (χ1n) is 9.45. The van der Waals surface area contributed by atoms with Crippen LogP contribution >= 0.6 is 0 Å². The third-order valence-electron chi connectivity index (χ3n) is 4.59. The Labute approximate surface area is 164 Å². The first kappa shape index (κ1) is 19.6. The zero-order valence-electron chi connectivity index (χ0n) is 16.1. The molecule has 1 aliphatic carbocycles. The molecule has 28 heavy (non-hydrogen) atoms. The SMILES string of the molecule is CC(=O)N[C@H](CC(=O)Nc1ccc(C(=O)NC2CC2)cc1)c1ccc(C)cc1. The Kier molecular flexibility index (Phi) is 6.09. The van der Waals surface area contributed by atoms with Crippen molar-refractivity contribution in [2.45, 2.75) is 45.2 Å². The van der Waals surface area contributed by atoms with E-state index in [0.29, 0.717) is 17.3 Å². The number of carbonyl (C=O) groups is 3. The minimum atomic E-state index is -0.401. The van der Waals surface area contributed by atoms with E-state index < -0.39 is 6.04 Å². The van der Waals surface area contributed by atoms with Crippen LogP contribution in [0, 0.1) is 6.92 Å². The molecule has 3 N–H and O–H groups in total. The molecule has 1 aliphatic rings. The van der Waals surface area contributed by atoms with Gasteiger partial charge in [-0.3, -0.25) is 14.4 Å². The fraction of sp³-hybridized carbons (Fsp3) is 0.318. The van der Waals surface area contributed by atoms with Gasteiger partial charge in [0.25, 0.3) is 5.91 Å². The van der Waals surface area contributed by atoms with Crippen LogP contribution in [0.25, 0.3) is 0 Å². The van der Waals surface area contributed by atoms with Crippen LogP contribution < -0.4 is 16.0 Å². The highest BCUT2D eigenvalue weighted by molar-refractivity contribution is 5.96. The lowest BCUT2D eigenvalue weighted by Gasteiger charge is -2.18. The van der Waals surface area contributed by atoms with Crippen LogP contribution in [0.2, 0.25) is 0 Å². The molecule has 1 fully saturated rings. The summed E-state index contributed by atoms with van der Waals surface area (Å²) in [5.41, 5.74) is 3.17. The summed E-state index contributed by atoms with van der Waals surface area (Å²) in [4.78, 5) is 36.0. The van der Waals surface area contributed by atoms with Gasteiger partial charge in [-0.05, 0) is 49.6 Å². The number of rotatable bonds is 7. The van der Waals surface area contributed by atoms with Gasteiger partial charge in [0, 0.05) is 24.2 Å². The van der Waals surface area contributed by atoms with Crippen molar-refractivity contribution in [1.29, 1.82) is 0 Å². The lowest BCUT2D eigenvalue weighted by atomic mass is 10.0. The first-order chi connectivity index (χ1) is 13.4. The molecule has 0 radical (unpaired) electrons. The highest BCUT2D eigenvalue weighted by Gasteiger charge is 2.23. The van der Waals surface area contributed by atoms with E-state index in [1.54, 1.807) is 24.3 Å². The fourth-order valence-electron chi connectivity index (χ4n) is 2.90. The highest BCUT2D eigenvalue weighted by atomic mass is 16.2. The van der Waals surface area contributed by atoms with E-state index in [1.807, 2.05) is 31.2 Å². The molecule has 2 aromatic carbocycles. The average molecular weight is 379 g/mol. The smallest absolute Gasteiger partial charge is 0.251 e. The largest absolute Gasteiger partial charge is 0.349 e. The maximum absolute atomic E-state index is 12.5. The Hall–Kier alpha value is -3.15. The van der Waals surface area contributed by atoms with Crippen molar-refractivity contribution in [3.8, 4) is 0 Å². The van der Waals surface area contributed by atoms with E-state index in [2.05, 4.69) is 16.0 Å². The lowest BCUT2D eigenvalue weighted by molar-refractivity contribution is -0.120. The van der Waals surface area contributed by atoms with Crippen LogP contribution in [-0.2, 0) is 9.59 Å². The van der Waals surface area contributed by atoms with Crippen molar-refractivity contribution in [2.24, 2.45) is 0 Å². The summed E-state index contributed by atoms with van der Waals surface area (Å²) in [6.07, 6.45) is 2.19. The zero-order chi connectivity index (χ0) is 20.1. The average Bonchev–Trinajstić information content (AvgIpc) is 3.46. The van der Waals surface area contributed by atoms with Gasteiger partial charge in [-0.25, -0.2) is 0 Å². The van der Waals surface area contributed by atoms with E-state index in [1.165, 1.54) is 6.92 Å². The second-order valence-corrected chi connectivity index (χ2v) is 7.24. The molecule has 3 rings (SSSR count). The van der Waals surface area contributed by atoms with Crippen LogP contribution in [-0.4, -0.2) is 23.8 Å². The monoisotopic (exact) mass is 379 g/mol. The Bertz CT molecular complexity index is 856. The lowest BCUT2D eigenvalue weighted by Crippen LogP contribution is -2.29. The van der Waals surface area contributed by atoms with Gasteiger partial charge in [-0.2, -0.15) is 0 Å². The number of amides is 3. The Balaban J connectivity index is 1.61. The second-order valence-electron chi connectivity index (χ2n) is 7.24. The van der Waals surface area contributed by atoms with Crippen molar-refractivity contribution >= 4 is 23.4 Å². The Morgan fingerprint density at radius 2 is 1.64 bits per heavy atom. The highest BCUT2D eigenvalue weighted by Crippen LogP contribution is 2.21. The van der Waals surface area contributed by atoms with Crippen molar-refractivity contribution in [1.82, 2.24) is 10.6 Å². The predicted octanol–water partition coefficient (Wildman–Crippen LogP) is 3.09. The van der Waals surface area contributed by atoms with Crippen LogP contribution in [0.15, 0.2) is 48.5 Å². The summed E-state index contributed by atoms with van der Waals surface area (Å²) < 4.78 is 0. The second kappa shape index (κ2) is 8.69. The molecule has 1 saturated carbocycles. The van der Waals surface area contributed by atoms with Gasteiger partial charge in [0.1, 0.15) is 0 Å². The molecule has 6 heteroatoms. The minimum Gasteiger partial charge on any atom is -0.349 e. The first-order valence-corrected chi connectivity index (χ1v) is 9.45. The van der Waals surface area contributed by atoms with Gasteiger partial charge < -0.3 is 16.0 Å². The topological polar surface area (TPSA) is 87.3 Å². The minimum absolute atomic E-state index is 0.0922. The number of aryl methyl sites for hydroxylation is 1. The van der Waals surface area contributed by atoms with Crippen molar-refractivity contribution in [3.05, 3.63) is 65.2 Å². The van der Waals surface area contributed by atoms with Gasteiger partial charge in [0.05, 0.1) is 12.5 Å². The third-order valence-corrected chi connectivity index (χ3v) is 4.59. The number of anilines is 1. The maximum atomic E-state index is 12.5. The molecule has 6 nitrogen and oxygen atoms in total. The molecular formula is C22H25N3O3. The number of carbonyl (C=O) groups excluding carboxylic acids is 3. The maximum Gasteiger partial charge on any atom is 0.251 e. The van der Waals surface area contributed by atoms with E-state index in [4.69, 9.17) is 0 Å². The van der Waals surface area contributed by atoms with Crippen molar-refractivity contribution < 1.29 is 14.4 Å². The van der Waals surface area contributed by atoms with Gasteiger partial charge >= 0.3 is 0 Å². The normalized spacial score (nSPS) is 14.1. The summed E-state index contributed by atoms with van der Waals surface area (Å²) in [5.74, 6) is -0.496. The predicted molar refractivity (Wildman–Crippen MR) is 108 cm³/mol.